The molecule has 134 valence electrons. The highest BCUT2D eigenvalue weighted by molar-refractivity contribution is 6.31. The number of aromatic nitrogens is 1. The van der Waals surface area contributed by atoms with Crippen LogP contribution < -0.4 is 5.32 Å². The zero-order valence-electron chi connectivity index (χ0n) is 15.0. The number of nitrogens with one attached hydrogen (secondary N) is 2. The molecule has 0 aliphatic carbocycles. The molecule has 2 heterocycles. The van der Waals surface area contributed by atoms with E-state index in [4.69, 9.17) is 11.6 Å². The number of rotatable bonds is 3. The number of aromatic amines is 1. The fourth-order valence-electron chi connectivity index (χ4n) is 4.41. The van der Waals surface area contributed by atoms with Crippen molar-refractivity contribution in [3.05, 3.63) is 106 Å². The fraction of sp³-hybridized carbons (Fsp3) is 0.167. The van der Waals surface area contributed by atoms with Crippen molar-refractivity contribution in [2.75, 3.05) is 6.54 Å². The normalized spacial score (nSPS) is 16.6. The minimum atomic E-state index is 0.199. The summed E-state index contributed by atoms with van der Waals surface area (Å²) in [7, 11) is 0. The smallest absolute Gasteiger partial charge is 0.0586 e. The summed E-state index contributed by atoms with van der Waals surface area (Å²) in [4.78, 5) is 3.69. The molecular formula is C24H21ClN2. The summed E-state index contributed by atoms with van der Waals surface area (Å²) in [6.07, 6.45) is 1.02. The lowest BCUT2D eigenvalue weighted by Gasteiger charge is -2.32. The second kappa shape index (κ2) is 6.88. The predicted octanol–water partition coefficient (Wildman–Crippen LogP) is 5.84. The van der Waals surface area contributed by atoms with Gasteiger partial charge in [0, 0.05) is 27.5 Å². The lowest BCUT2D eigenvalue weighted by molar-refractivity contribution is 0.454. The van der Waals surface area contributed by atoms with E-state index in [9.17, 15) is 0 Å². The van der Waals surface area contributed by atoms with Gasteiger partial charge in [0.05, 0.1) is 6.04 Å². The average molecular weight is 373 g/mol. The van der Waals surface area contributed by atoms with E-state index >= 15 is 0 Å². The van der Waals surface area contributed by atoms with Crippen LogP contribution in [0.5, 0.6) is 0 Å². The van der Waals surface area contributed by atoms with Crippen LogP contribution >= 0.6 is 11.6 Å². The van der Waals surface area contributed by atoms with Crippen LogP contribution in [0.2, 0.25) is 5.02 Å². The number of H-pyrrole nitrogens is 1. The second-order valence-corrected chi connectivity index (χ2v) is 7.62. The Morgan fingerprint density at radius 1 is 0.852 bits per heavy atom. The van der Waals surface area contributed by atoms with Crippen LogP contribution in [-0.2, 0) is 6.42 Å². The molecule has 1 aliphatic rings. The quantitative estimate of drug-likeness (QED) is 0.464. The van der Waals surface area contributed by atoms with Gasteiger partial charge in [0.15, 0.2) is 0 Å². The van der Waals surface area contributed by atoms with E-state index in [2.05, 4.69) is 83.1 Å². The summed E-state index contributed by atoms with van der Waals surface area (Å²) in [5.41, 5.74) is 6.50. The van der Waals surface area contributed by atoms with Gasteiger partial charge in [-0.2, -0.15) is 0 Å². The lowest BCUT2D eigenvalue weighted by atomic mass is 9.81. The third-order valence-electron chi connectivity index (χ3n) is 5.60. The molecule has 0 radical (unpaired) electrons. The second-order valence-electron chi connectivity index (χ2n) is 7.19. The Balaban J connectivity index is 1.69. The Morgan fingerprint density at radius 3 is 2.19 bits per heavy atom. The van der Waals surface area contributed by atoms with Crippen LogP contribution in [-0.4, -0.2) is 11.5 Å². The molecule has 1 aliphatic heterocycles. The maximum atomic E-state index is 6.28. The Labute approximate surface area is 164 Å². The predicted molar refractivity (Wildman–Crippen MR) is 112 cm³/mol. The molecule has 0 bridgehead atoms. The van der Waals surface area contributed by atoms with E-state index in [0.717, 1.165) is 23.5 Å². The molecule has 0 fully saturated rings. The van der Waals surface area contributed by atoms with Gasteiger partial charge >= 0.3 is 0 Å². The van der Waals surface area contributed by atoms with Crippen LogP contribution in [0.15, 0.2) is 78.9 Å². The average Bonchev–Trinajstić information content (AvgIpc) is 3.09. The minimum Gasteiger partial charge on any atom is -0.357 e. The Bertz CT molecular complexity index is 1030. The summed E-state index contributed by atoms with van der Waals surface area (Å²) in [6, 6.07) is 27.9. The van der Waals surface area contributed by atoms with Crippen LogP contribution in [0.1, 0.15) is 34.3 Å². The first-order chi connectivity index (χ1) is 13.3. The monoisotopic (exact) mass is 372 g/mol. The van der Waals surface area contributed by atoms with Crippen molar-refractivity contribution in [3.63, 3.8) is 0 Å². The number of fused-ring (bicyclic) bond motifs is 3. The van der Waals surface area contributed by atoms with E-state index in [1.807, 2.05) is 6.07 Å². The molecule has 0 spiro atoms. The maximum Gasteiger partial charge on any atom is 0.0586 e. The van der Waals surface area contributed by atoms with Gasteiger partial charge in [-0.25, -0.2) is 0 Å². The lowest BCUT2D eigenvalue weighted by Crippen LogP contribution is -2.34. The first-order valence-corrected chi connectivity index (χ1v) is 9.82. The summed E-state index contributed by atoms with van der Waals surface area (Å²) in [6.45, 7) is 0.966. The van der Waals surface area contributed by atoms with Crippen molar-refractivity contribution >= 4 is 22.5 Å². The SMILES string of the molecule is Clc1ccc2[nH]c3c(c2c1)CCNC3C(c1ccccc1)c1ccccc1. The summed E-state index contributed by atoms with van der Waals surface area (Å²) < 4.78 is 0. The molecule has 0 saturated heterocycles. The van der Waals surface area contributed by atoms with Gasteiger partial charge in [0.25, 0.3) is 0 Å². The highest BCUT2D eigenvalue weighted by atomic mass is 35.5. The molecule has 2 N–H and O–H groups in total. The molecule has 4 aromatic rings. The first kappa shape index (κ1) is 16.6. The van der Waals surface area contributed by atoms with Crippen molar-refractivity contribution in [1.29, 1.82) is 0 Å². The molecule has 1 atom stereocenters. The zero-order valence-corrected chi connectivity index (χ0v) is 15.7. The Morgan fingerprint density at radius 2 is 1.52 bits per heavy atom. The number of hydrogen-bond donors (Lipinski definition) is 2. The van der Waals surface area contributed by atoms with E-state index in [1.165, 1.54) is 27.8 Å². The fourth-order valence-corrected chi connectivity index (χ4v) is 4.59. The largest absolute Gasteiger partial charge is 0.357 e. The topological polar surface area (TPSA) is 27.8 Å². The van der Waals surface area contributed by atoms with E-state index in [1.54, 1.807) is 0 Å². The van der Waals surface area contributed by atoms with Crippen molar-refractivity contribution in [2.45, 2.75) is 18.4 Å². The molecule has 3 heteroatoms. The van der Waals surface area contributed by atoms with Gasteiger partial charge in [-0.15, -0.1) is 0 Å². The van der Waals surface area contributed by atoms with Gasteiger partial charge in [-0.1, -0.05) is 72.3 Å². The van der Waals surface area contributed by atoms with Crippen molar-refractivity contribution in [1.82, 2.24) is 10.3 Å². The van der Waals surface area contributed by atoms with Crippen LogP contribution in [0.25, 0.3) is 10.9 Å². The van der Waals surface area contributed by atoms with Crippen LogP contribution in [0, 0.1) is 0 Å². The highest BCUT2D eigenvalue weighted by Gasteiger charge is 2.32. The van der Waals surface area contributed by atoms with E-state index in [0.29, 0.717) is 0 Å². The summed E-state index contributed by atoms with van der Waals surface area (Å²) >= 11 is 6.28. The summed E-state index contributed by atoms with van der Waals surface area (Å²) in [5.74, 6) is 0.245. The van der Waals surface area contributed by atoms with Gasteiger partial charge in [0.1, 0.15) is 0 Å². The molecule has 0 saturated carbocycles. The minimum absolute atomic E-state index is 0.199. The molecule has 5 rings (SSSR count). The number of benzene rings is 3. The number of hydrogen-bond acceptors (Lipinski definition) is 1. The van der Waals surface area contributed by atoms with E-state index in [-0.39, 0.29) is 12.0 Å². The maximum absolute atomic E-state index is 6.28. The van der Waals surface area contributed by atoms with Crippen LogP contribution in [0.3, 0.4) is 0 Å². The van der Waals surface area contributed by atoms with Gasteiger partial charge in [-0.05, 0) is 47.9 Å². The van der Waals surface area contributed by atoms with E-state index < -0.39 is 0 Å². The molecule has 3 aromatic carbocycles. The molecule has 1 unspecified atom stereocenters. The zero-order chi connectivity index (χ0) is 18.2. The molecule has 0 amide bonds. The number of halogens is 1. The summed E-state index contributed by atoms with van der Waals surface area (Å²) in [5, 5.41) is 5.83. The van der Waals surface area contributed by atoms with Crippen molar-refractivity contribution in [3.8, 4) is 0 Å². The third kappa shape index (κ3) is 2.95. The molecule has 27 heavy (non-hydrogen) atoms. The molecular weight excluding hydrogens is 352 g/mol. The first-order valence-electron chi connectivity index (χ1n) is 9.44. The molecule has 2 nitrogen and oxygen atoms in total. The van der Waals surface area contributed by atoms with Gasteiger partial charge in [-0.3, -0.25) is 0 Å². The highest BCUT2D eigenvalue weighted by Crippen LogP contribution is 2.41. The molecule has 1 aromatic heterocycles. The standard InChI is InChI=1S/C24H21ClN2/c25-18-11-12-21-20(15-18)19-13-14-26-24(23(19)27-21)22(16-7-3-1-4-8-16)17-9-5-2-6-10-17/h1-12,15,22,24,26-27H,13-14H2. The van der Waals surface area contributed by atoms with Crippen LogP contribution in [0.4, 0.5) is 0 Å². The Kier molecular flexibility index (Phi) is 4.23. The third-order valence-corrected chi connectivity index (χ3v) is 5.84. The van der Waals surface area contributed by atoms with Crippen molar-refractivity contribution in [2.24, 2.45) is 0 Å². The van der Waals surface area contributed by atoms with Gasteiger partial charge in [0.2, 0.25) is 0 Å². The van der Waals surface area contributed by atoms with Crippen molar-refractivity contribution < 1.29 is 0 Å². The van der Waals surface area contributed by atoms with Gasteiger partial charge < -0.3 is 10.3 Å². The Hall–Kier alpha value is -2.55.